The summed E-state index contributed by atoms with van der Waals surface area (Å²) >= 11 is 0. The Labute approximate surface area is 165 Å². The zero-order valence-electron chi connectivity index (χ0n) is 17.5. The van der Waals surface area contributed by atoms with E-state index in [2.05, 4.69) is 94.6 Å². The minimum atomic E-state index is 0.444. The number of hydrogen-bond donors (Lipinski definition) is 1. The smallest absolute Gasteiger partial charge is 0.0419 e. The molecule has 0 bridgehead atoms. The lowest BCUT2D eigenvalue weighted by Gasteiger charge is -2.22. The molecule has 144 valence electrons. The highest BCUT2D eigenvalue weighted by molar-refractivity contribution is 5.82. The topological polar surface area (TPSA) is 24.4 Å². The van der Waals surface area contributed by atoms with Gasteiger partial charge in [0, 0.05) is 29.2 Å². The fourth-order valence-electron chi connectivity index (χ4n) is 3.28. The van der Waals surface area contributed by atoms with Gasteiger partial charge in [-0.05, 0) is 63.7 Å². The second-order valence-electron chi connectivity index (χ2n) is 7.15. The number of allylic oxidation sites excluding steroid dienone is 6. The predicted molar refractivity (Wildman–Crippen MR) is 120 cm³/mol. The molecule has 1 N–H and O–H groups in total. The fourth-order valence-corrected chi connectivity index (χ4v) is 3.28. The van der Waals surface area contributed by atoms with E-state index < -0.39 is 0 Å². The summed E-state index contributed by atoms with van der Waals surface area (Å²) in [7, 11) is 0. The Hall–Kier alpha value is -2.35. The summed E-state index contributed by atoms with van der Waals surface area (Å²) in [6, 6.07) is 8.80. The van der Waals surface area contributed by atoms with Crippen molar-refractivity contribution in [3.05, 3.63) is 77.0 Å². The molecule has 0 saturated heterocycles. The molecule has 1 aromatic carbocycles. The Morgan fingerprint density at radius 1 is 1.22 bits per heavy atom. The molecule has 1 aliphatic rings. The molecule has 1 heterocycles. The Morgan fingerprint density at radius 2 is 2.00 bits per heavy atom. The second-order valence-corrected chi connectivity index (χ2v) is 7.15. The van der Waals surface area contributed by atoms with Crippen molar-refractivity contribution in [1.29, 1.82) is 0 Å². The van der Waals surface area contributed by atoms with Gasteiger partial charge >= 0.3 is 0 Å². The van der Waals surface area contributed by atoms with E-state index in [-0.39, 0.29) is 0 Å². The van der Waals surface area contributed by atoms with Crippen LogP contribution < -0.4 is 5.32 Å². The first-order valence-electron chi connectivity index (χ1n) is 10.2. The van der Waals surface area contributed by atoms with E-state index in [0.29, 0.717) is 5.92 Å². The molecular weight excluding hydrogens is 328 g/mol. The molecule has 0 saturated carbocycles. The first-order chi connectivity index (χ1) is 13.1. The van der Waals surface area contributed by atoms with Gasteiger partial charge in [-0.15, -0.1) is 0 Å². The normalized spacial score (nSPS) is 16.8. The molecule has 1 aliphatic heterocycles. The Balaban J connectivity index is 2.39. The third-order valence-electron chi connectivity index (χ3n) is 5.14. The molecule has 0 aliphatic carbocycles. The van der Waals surface area contributed by atoms with Crippen molar-refractivity contribution >= 4 is 11.4 Å². The van der Waals surface area contributed by atoms with Crippen LogP contribution in [0.1, 0.15) is 70.9 Å². The van der Waals surface area contributed by atoms with Gasteiger partial charge in [-0.25, -0.2) is 0 Å². The molecule has 0 spiro atoms. The second kappa shape index (κ2) is 10.7. The highest BCUT2D eigenvalue weighted by Gasteiger charge is 2.17. The Bertz CT molecular complexity index is 775. The lowest BCUT2D eigenvalue weighted by molar-refractivity contribution is 0.649. The number of nitrogens with zero attached hydrogens (tertiary/aromatic N) is 1. The molecule has 0 amide bonds. The minimum Gasteiger partial charge on any atom is -0.381 e. The van der Waals surface area contributed by atoms with Crippen LogP contribution in [0.3, 0.4) is 0 Å². The van der Waals surface area contributed by atoms with E-state index in [1.54, 1.807) is 0 Å². The van der Waals surface area contributed by atoms with Crippen molar-refractivity contribution in [2.75, 3.05) is 6.54 Å². The van der Waals surface area contributed by atoms with Crippen LogP contribution >= 0.6 is 0 Å². The summed E-state index contributed by atoms with van der Waals surface area (Å²) in [6.45, 7) is 11.7. The SMILES string of the molecule is C/C=C(C)/C=C(/CC(CC)c1ccccc1C1=CC=CCN1)N=C(C)CC. The molecule has 27 heavy (non-hydrogen) atoms. The zero-order chi connectivity index (χ0) is 19.6. The molecule has 2 nitrogen and oxygen atoms in total. The highest BCUT2D eigenvalue weighted by atomic mass is 14.9. The largest absolute Gasteiger partial charge is 0.381 e. The summed E-state index contributed by atoms with van der Waals surface area (Å²) in [6.07, 6.45) is 13.9. The van der Waals surface area contributed by atoms with Crippen LogP contribution in [0.5, 0.6) is 0 Å². The standard InChI is InChI=1S/C25H34N2/c1-6-19(4)17-22(27-20(5)7-2)18-21(8-3)23-13-9-10-14-24(23)25-15-11-12-16-26-25/h6,9-15,17,21,26H,7-8,16,18H2,1-5H3/b19-6+,22-17-,27-20?. The van der Waals surface area contributed by atoms with E-state index in [1.807, 2.05) is 0 Å². The van der Waals surface area contributed by atoms with Crippen LogP contribution in [-0.4, -0.2) is 12.3 Å². The summed E-state index contributed by atoms with van der Waals surface area (Å²) < 4.78 is 0. The van der Waals surface area contributed by atoms with Crippen molar-refractivity contribution in [3.8, 4) is 0 Å². The van der Waals surface area contributed by atoms with Crippen molar-refractivity contribution in [2.45, 2.75) is 59.8 Å². The Kier molecular flexibility index (Phi) is 8.32. The number of rotatable bonds is 8. The van der Waals surface area contributed by atoms with Crippen LogP contribution in [0.15, 0.2) is 70.9 Å². The maximum absolute atomic E-state index is 4.93. The van der Waals surface area contributed by atoms with Crippen molar-refractivity contribution < 1.29 is 0 Å². The van der Waals surface area contributed by atoms with Gasteiger partial charge in [0.2, 0.25) is 0 Å². The average Bonchev–Trinajstić information content (AvgIpc) is 2.72. The fraction of sp³-hybridized carbons (Fsp3) is 0.400. The summed E-state index contributed by atoms with van der Waals surface area (Å²) in [5.41, 5.74) is 7.57. The van der Waals surface area contributed by atoms with Gasteiger partial charge in [0.15, 0.2) is 0 Å². The third kappa shape index (κ3) is 6.09. The lowest BCUT2D eigenvalue weighted by Crippen LogP contribution is -2.16. The van der Waals surface area contributed by atoms with E-state index >= 15 is 0 Å². The molecule has 1 unspecified atom stereocenters. The number of aliphatic imine (C=N–C) groups is 1. The first-order valence-corrected chi connectivity index (χ1v) is 10.2. The molecule has 2 rings (SSSR count). The number of dihydropyridines is 1. The maximum atomic E-state index is 4.93. The van der Waals surface area contributed by atoms with Crippen LogP contribution in [0.2, 0.25) is 0 Å². The van der Waals surface area contributed by atoms with Gasteiger partial charge in [-0.2, -0.15) is 0 Å². The predicted octanol–water partition coefficient (Wildman–Crippen LogP) is 6.79. The molecule has 1 aromatic rings. The summed E-state index contributed by atoms with van der Waals surface area (Å²) in [5, 5.41) is 3.51. The van der Waals surface area contributed by atoms with E-state index in [9.17, 15) is 0 Å². The summed E-state index contributed by atoms with van der Waals surface area (Å²) in [4.78, 5) is 4.93. The van der Waals surface area contributed by atoms with Gasteiger partial charge in [0.1, 0.15) is 0 Å². The van der Waals surface area contributed by atoms with Crippen LogP contribution in [0, 0.1) is 0 Å². The van der Waals surface area contributed by atoms with Crippen molar-refractivity contribution in [3.63, 3.8) is 0 Å². The summed E-state index contributed by atoms with van der Waals surface area (Å²) in [5.74, 6) is 0.444. The van der Waals surface area contributed by atoms with Gasteiger partial charge in [0.05, 0.1) is 0 Å². The molecule has 2 heteroatoms. The maximum Gasteiger partial charge on any atom is 0.0419 e. The molecule has 0 fully saturated rings. The number of benzene rings is 1. The Morgan fingerprint density at radius 3 is 2.63 bits per heavy atom. The van der Waals surface area contributed by atoms with E-state index in [0.717, 1.165) is 25.8 Å². The molecule has 1 atom stereocenters. The number of nitrogens with one attached hydrogen (secondary N) is 1. The van der Waals surface area contributed by atoms with Crippen LogP contribution in [-0.2, 0) is 0 Å². The van der Waals surface area contributed by atoms with Crippen LogP contribution in [0.25, 0.3) is 5.70 Å². The minimum absolute atomic E-state index is 0.444. The van der Waals surface area contributed by atoms with E-state index in [4.69, 9.17) is 4.99 Å². The quantitative estimate of drug-likeness (QED) is 0.399. The lowest BCUT2D eigenvalue weighted by atomic mass is 9.86. The average molecular weight is 363 g/mol. The van der Waals surface area contributed by atoms with Gasteiger partial charge in [0.25, 0.3) is 0 Å². The van der Waals surface area contributed by atoms with Gasteiger partial charge < -0.3 is 5.32 Å². The van der Waals surface area contributed by atoms with E-state index in [1.165, 1.54) is 33.8 Å². The van der Waals surface area contributed by atoms with Crippen LogP contribution in [0.4, 0.5) is 0 Å². The zero-order valence-corrected chi connectivity index (χ0v) is 17.5. The first kappa shape index (κ1) is 21.0. The third-order valence-corrected chi connectivity index (χ3v) is 5.14. The van der Waals surface area contributed by atoms with Gasteiger partial charge in [-0.1, -0.05) is 61.9 Å². The molecular formula is C25H34N2. The van der Waals surface area contributed by atoms with Crippen molar-refractivity contribution in [1.82, 2.24) is 5.32 Å². The molecule has 0 aromatic heterocycles. The monoisotopic (exact) mass is 362 g/mol. The van der Waals surface area contributed by atoms with Crippen molar-refractivity contribution in [2.24, 2.45) is 4.99 Å². The highest BCUT2D eigenvalue weighted by Crippen LogP contribution is 2.33. The number of hydrogen-bond acceptors (Lipinski definition) is 2. The molecule has 0 radical (unpaired) electrons. The van der Waals surface area contributed by atoms with Gasteiger partial charge in [-0.3, -0.25) is 4.99 Å².